The summed E-state index contributed by atoms with van der Waals surface area (Å²) < 4.78 is 1.18. The van der Waals surface area contributed by atoms with Crippen LogP contribution in [0.5, 0.6) is 0 Å². The average molecular weight is 306 g/mol. The van der Waals surface area contributed by atoms with Gasteiger partial charge in [-0.05, 0) is 36.6 Å². The lowest BCUT2D eigenvalue weighted by atomic mass is 10.1. The Bertz CT molecular complexity index is 853. The minimum atomic E-state index is -0.198. The molecule has 0 fully saturated rings. The maximum atomic E-state index is 12.4. The second-order valence-electron chi connectivity index (χ2n) is 5.56. The summed E-state index contributed by atoms with van der Waals surface area (Å²) in [5.74, 6) is 0.377. The molecule has 5 nitrogen and oxygen atoms in total. The topological polar surface area (TPSA) is 73.8 Å². The fourth-order valence-corrected chi connectivity index (χ4v) is 2.36. The van der Waals surface area contributed by atoms with Gasteiger partial charge < -0.3 is 5.73 Å². The molecule has 0 saturated carbocycles. The van der Waals surface area contributed by atoms with E-state index in [0.29, 0.717) is 5.82 Å². The zero-order chi connectivity index (χ0) is 16.4. The first kappa shape index (κ1) is 15.0. The van der Waals surface area contributed by atoms with Gasteiger partial charge in [0.25, 0.3) is 5.91 Å². The van der Waals surface area contributed by atoms with Gasteiger partial charge in [-0.1, -0.05) is 42.5 Å². The third-order valence-electron chi connectivity index (χ3n) is 3.83. The molecule has 0 aliphatic carbocycles. The number of anilines is 1. The lowest BCUT2D eigenvalue weighted by molar-refractivity contribution is 0.0901. The molecule has 0 atom stereocenters. The Morgan fingerprint density at radius 2 is 1.83 bits per heavy atom. The lowest BCUT2D eigenvalue weighted by Gasteiger charge is -2.02. The second-order valence-corrected chi connectivity index (χ2v) is 5.56. The van der Waals surface area contributed by atoms with Gasteiger partial charge in [0.15, 0.2) is 5.82 Å². The van der Waals surface area contributed by atoms with Gasteiger partial charge in [0.1, 0.15) is 0 Å². The van der Waals surface area contributed by atoms with Gasteiger partial charge in [0.2, 0.25) is 5.95 Å². The summed E-state index contributed by atoms with van der Waals surface area (Å²) in [4.78, 5) is 16.6. The van der Waals surface area contributed by atoms with E-state index in [4.69, 9.17) is 5.73 Å². The second kappa shape index (κ2) is 6.04. The number of rotatable bonds is 3. The molecule has 0 saturated heterocycles. The Balaban J connectivity index is 1.88. The fraction of sp³-hybridized carbons (Fsp3) is 0.167. The highest BCUT2D eigenvalue weighted by atomic mass is 16.2. The first-order chi connectivity index (χ1) is 11.0. The monoisotopic (exact) mass is 306 g/mol. The number of aryl methyl sites for hydroxylation is 2. The number of carbonyl (C=O) groups is 1. The predicted molar refractivity (Wildman–Crippen MR) is 90.1 cm³/mol. The largest absolute Gasteiger partial charge is 0.368 e. The van der Waals surface area contributed by atoms with Crippen molar-refractivity contribution in [3.05, 3.63) is 65.2 Å². The third kappa shape index (κ3) is 3.13. The summed E-state index contributed by atoms with van der Waals surface area (Å²) >= 11 is 0. The van der Waals surface area contributed by atoms with Crippen LogP contribution in [0.25, 0.3) is 11.4 Å². The number of aromatic nitrogens is 3. The summed E-state index contributed by atoms with van der Waals surface area (Å²) in [5.41, 5.74) is 9.98. The maximum Gasteiger partial charge on any atom is 0.254 e. The van der Waals surface area contributed by atoms with Crippen molar-refractivity contribution in [1.29, 1.82) is 0 Å². The first-order valence-electron chi connectivity index (χ1n) is 7.42. The molecule has 0 aliphatic rings. The molecule has 23 heavy (non-hydrogen) atoms. The van der Waals surface area contributed by atoms with Crippen LogP contribution >= 0.6 is 0 Å². The summed E-state index contributed by atoms with van der Waals surface area (Å²) in [6.45, 7) is 4.07. The average Bonchev–Trinajstić information content (AvgIpc) is 2.93. The van der Waals surface area contributed by atoms with Gasteiger partial charge >= 0.3 is 0 Å². The summed E-state index contributed by atoms with van der Waals surface area (Å²) in [7, 11) is 0. The number of nitrogens with zero attached hydrogens (tertiary/aromatic N) is 3. The molecule has 2 N–H and O–H groups in total. The Morgan fingerprint density at radius 1 is 1.09 bits per heavy atom. The molecule has 1 heterocycles. The number of nitrogen functional groups attached to an aromatic ring is 1. The molecule has 1 aromatic heterocycles. The molecule has 0 spiro atoms. The van der Waals surface area contributed by atoms with E-state index in [2.05, 4.69) is 10.1 Å². The van der Waals surface area contributed by atoms with E-state index in [1.807, 2.05) is 62.4 Å². The maximum absolute atomic E-state index is 12.4. The predicted octanol–water partition coefficient (Wildman–Crippen LogP) is 3.03. The number of hydrogen-bond acceptors (Lipinski definition) is 4. The SMILES string of the molecule is Cc1ccc(-c2nc(N)n(C(=O)Cc3ccccc3)n2)cc1C. The van der Waals surface area contributed by atoms with Gasteiger partial charge in [-0.3, -0.25) is 4.79 Å². The van der Waals surface area contributed by atoms with Crippen LogP contribution in [0.2, 0.25) is 0 Å². The Hall–Kier alpha value is -2.95. The Kier molecular flexibility index (Phi) is 3.93. The zero-order valence-electron chi connectivity index (χ0n) is 13.2. The van der Waals surface area contributed by atoms with Crippen molar-refractivity contribution < 1.29 is 4.79 Å². The van der Waals surface area contributed by atoms with Crippen LogP contribution in [0.4, 0.5) is 5.95 Å². The van der Waals surface area contributed by atoms with Gasteiger partial charge in [-0.2, -0.15) is 9.67 Å². The van der Waals surface area contributed by atoms with E-state index in [-0.39, 0.29) is 18.3 Å². The van der Waals surface area contributed by atoms with Gasteiger partial charge in [-0.25, -0.2) is 0 Å². The standard InChI is InChI=1S/C18H18N4O/c1-12-8-9-15(10-13(12)2)17-20-18(19)22(21-17)16(23)11-14-6-4-3-5-7-14/h3-10H,11H2,1-2H3,(H2,19,20,21). The van der Waals surface area contributed by atoms with E-state index in [0.717, 1.165) is 16.7 Å². The molecular weight excluding hydrogens is 288 g/mol. The van der Waals surface area contributed by atoms with Gasteiger partial charge in [0.05, 0.1) is 6.42 Å². The van der Waals surface area contributed by atoms with Crippen LogP contribution in [-0.4, -0.2) is 20.7 Å². The zero-order valence-corrected chi connectivity index (χ0v) is 13.2. The van der Waals surface area contributed by atoms with Crippen LogP contribution in [0.3, 0.4) is 0 Å². The smallest absolute Gasteiger partial charge is 0.254 e. The van der Waals surface area contributed by atoms with E-state index in [1.165, 1.54) is 10.2 Å². The molecule has 2 aromatic carbocycles. The van der Waals surface area contributed by atoms with E-state index >= 15 is 0 Å². The van der Waals surface area contributed by atoms with Crippen molar-refractivity contribution in [3.63, 3.8) is 0 Å². The minimum absolute atomic E-state index is 0.110. The third-order valence-corrected chi connectivity index (χ3v) is 3.83. The van der Waals surface area contributed by atoms with E-state index in [1.54, 1.807) is 0 Å². The van der Waals surface area contributed by atoms with E-state index < -0.39 is 0 Å². The lowest BCUT2D eigenvalue weighted by Crippen LogP contribution is -2.17. The van der Waals surface area contributed by atoms with Crippen molar-refractivity contribution in [2.24, 2.45) is 0 Å². The van der Waals surface area contributed by atoms with Crippen molar-refractivity contribution in [1.82, 2.24) is 14.8 Å². The highest BCUT2D eigenvalue weighted by Crippen LogP contribution is 2.20. The van der Waals surface area contributed by atoms with Gasteiger partial charge in [0, 0.05) is 5.56 Å². The molecule has 0 radical (unpaired) electrons. The van der Waals surface area contributed by atoms with Crippen LogP contribution in [-0.2, 0) is 6.42 Å². The van der Waals surface area contributed by atoms with E-state index in [9.17, 15) is 4.79 Å². The molecule has 0 unspecified atom stereocenters. The molecule has 3 rings (SSSR count). The molecule has 3 aromatic rings. The number of carbonyl (C=O) groups excluding carboxylic acids is 1. The molecule has 0 aliphatic heterocycles. The quantitative estimate of drug-likeness (QED) is 0.807. The van der Waals surface area contributed by atoms with Gasteiger partial charge in [-0.15, -0.1) is 5.10 Å². The highest BCUT2D eigenvalue weighted by Gasteiger charge is 2.15. The molecular formula is C18H18N4O. The summed E-state index contributed by atoms with van der Waals surface area (Å²) in [6.07, 6.45) is 0.237. The Labute approximate surface area is 134 Å². The number of benzene rings is 2. The normalized spacial score (nSPS) is 10.7. The highest BCUT2D eigenvalue weighted by molar-refractivity contribution is 5.83. The Morgan fingerprint density at radius 3 is 2.52 bits per heavy atom. The molecule has 0 bridgehead atoms. The van der Waals surface area contributed by atoms with Crippen molar-refractivity contribution in [3.8, 4) is 11.4 Å². The number of hydrogen-bond donors (Lipinski definition) is 1. The van der Waals surface area contributed by atoms with Crippen molar-refractivity contribution >= 4 is 11.9 Å². The van der Waals surface area contributed by atoms with Crippen LogP contribution in [0.15, 0.2) is 48.5 Å². The molecule has 116 valence electrons. The van der Waals surface area contributed by atoms with Crippen molar-refractivity contribution in [2.75, 3.05) is 5.73 Å². The minimum Gasteiger partial charge on any atom is -0.368 e. The van der Waals surface area contributed by atoms with Crippen LogP contribution < -0.4 is 5.73 Å². The molecule has 0 amide bonds. The summed E-state index contributed by atoms with van der Waals surface area (Å²) in [5, 5.41) is 4.28. The molecule has 5 heteroatoms. The van der Waals surface area contributed by atoms with Crippen molar-refractivity contribution in [2.45, 2.75) is 20.3 Å². The van der Waals surface area contributed by atoms with Crippen LogP contribution in [0, 0.1) is 13.8 Å². The van der Waals surface area contributed by atoms with Crippen LogP contribution in [0.1, 0.15) is 21.5 Å². The summed E-state index contributed by atoms with van der Waals surface area (Å²) in [6, 6.07) is 15.4. The fourth-order valence-electron chi connectivity index (χ4n) is 2.36. The number of nitrogens with two attached hydrogens (primary N) is 1. The first-order valence-corrected chi connectivity index (χ1v) is 7.42.